The molecule has 0 aliphatic carbocycles. The van der Waals surface area contributed by atoms with Crippen molar-refractivity contribution in [1.82, 2.24) is 8.94 Å². The Kier molecular flexibility index (Phi) is 4.72. The quantitative estimate of drug-likeness (QED) is 0.598. The summed E-state index contributed by atoms with van der Waals surface area (Å²) >= 11 is 0.446. The lowest BCUT2D eigenvalue weighted by molar-refractivity contribution is -0.274. The van der Waals surface area contributed by atoms with Gasteiger partial charge in [-0.25, -0.2) is 21.9 Å². The van der Waals surface area contributed by atoms with E-state index in [2.05, 4.69) is 9.72 Å². The number of nitrogens with zero attached hydrogens (tertiary/aromatic N) is 2. The molecule has 0 aliphatic rings. The number of alkyl halides is 3. The molecule has 0 unspecified atom stereocenters. The molecular formula is C16H8F6N2O2S. The summed E-state index contributed by atoms with van der Waals surface area (Å²) in [5, 5.41) is -0.344. The van der Waals surface area contributed by atoms with Crippen molar-refractivity contribution >= 4 is 11.5 Å². The maximum absolute atomic E-state index is 14.5. The number of hydrogen-bond donors (Lipinski definition) is 0. The third-order valence-corrected chi connectivity index (χ3v) is 4.49. The van der Waals surface area contributed by atoms with Gasteiger partial charge in [-0.15, -0.1) is 13.2 Å². The van der Waals surface area contributed by atoms with E-state index in [1.807, 2.05) is 0 Å². The van der Waals surface area contributed by atoms with Gasteiger partial charge in [0, 0.05) is 5.56 Å². The predicted octanol–water partition coefficient (Wildman–Crippen LogP) is 4.59. The van der Waals surface area contributed by atoms with Crippen LogP contribution in [-0.2, 0) is 0 Å². The van der Waals surface area contributed by atoms with Crippen LogP contribution in [0.3, 0.4) is 0 Å². The Balaban J connectivity index is 2.10. The minimum Gasteiger partial charge on any atom is -0.405 e. The molecule has 4 nitrogen and oxygen atoms in total. The van der Waals surface area contributed by atoms with E-state index in [1.54, 1.807) is 0 Å². The molecule has 0 atom stereocenters. The van der Waals surface area contributed by atoms with Gasteiger partial charge < -0.3 is 4.74 Å². The standard InChI is InChI=1S/C16H8F6N2O2S/c1-7-11(26-16(20,21)22)6-5-10(13(7)19)24-15(25)23-14(27-24)12-8(17)3-2-4-9(12)18/h2-6H,1H3. The van der Waals surface area contributed by atoms with E-state index >= 15 is 0 Å². The Morgan fingerprint density at radius 2 is 1.70 bits per heavy atom. The average molecular weight is 406 g/mol. The number of hydrogen-bond acceptors (Lipinski definition) is 4. The molecule has 3 rings (SSSR count). The molecule has 0 bridgehead atoms. The fourth-order valence-electron chi connectivity index (χ4n) is 2.28. The van der Waals surface area contributed by atoms with Gasteiger partial charge in [0.2, 0.25) is 0 Å². The minimum atomic E-state index is -5.02. The number of benzene rings is 2. The summed E-state index contributed by atoms with van der Waals surface area (Å²) in [4.78, 5) is 15.6. The van der Waals surface area contributed by atoms with Crippen LogP contribution in [0.25, 0.3) is 16.3 Å². The van der Waals surface area contributed by atoms with E-state index in [-0.39, 0.29) is 5.01 Å². The van der Waals surface area contributed by atoms with Gasteiger partial charge in [-0.3, -0.25) is 0 Å². The van der Waals surface area contributed by atoms with Gasteiger partial charge in [0.1, 0.15) is 17.4 Å². The molecule has 0 fully saturated rings. The van der Waals surface area contributed by atoms with E-state index in [9.17, 15) is 31.1 Å². The molecule has 0 radical (unpaired) electrons. The lowest BCUT2D eigenvalue weighted by atomic mass is 10.2. The van der Waals surface area contributed by atoms with Crippen LogP contribution in [0, 0.1) is 24.4 Å². The molecule has 1 heterocycles. The second kappa shape index (κ2) is 6.72. The number of ether oxygens (including phenoxy) is 1. The second-order valence-corrected chi connectivity index (χ2v) is 6.19. The van der Waals surface area contributed by atoms with Crippen LogP contribution in [0.4, 0.5) is 26.3 Å². The maximum Gasteiger partial charge on any atom is 0.573 e. The summed E-state index contributed by atoms with van der Waals surface area (Å²) in [6.07, 6.45) is -5.02. The number of halogens is 6. The number of rotatable bonds is 3. The van der Waals surface area contributed by atoms with Crippen molar-refractivity contribution in [1.29, 1.82) is 0 Å². The van der Waals surface area contributed by atoms with Gasteiger partial charge in [-0.1, -0.05) is 6.07 Å². The molecule has 0 aliphatic heterocycles. The van der Waals surface area contributed by atoms with E-state index in [0.29, 0.717) is 15.5 Å². The van der Waals surface area contributed by atoms with Crippen LogP contribution in [0.15, 0.2) is 35.1 Å². The molecule has 11 heteroatoms. The summed E-state index contributed by atoms with van der Waals surface area (Å²) in [6, 6.07) is 4.75. The summed E-state index contributed by atoms with van der Waals surface area (Å²) in [6.45, 7) is 1.03. The van der Waals surface area contributed by atoms with Gasteiger partial charge in [-0.2, -0.15) is 4.98 Å². The average Bonchev–Trinajstić information content (AvgIpc) is 2.92. The van der Waals surface area contributed by atoms with Gasteiger partial charge in [0.15, 0.2) is 10.8 Å². The van der Waals surface area contributed by atoms with Crippen LogP contribution in [0.2, 0.25) is 0 Å². The van der Waals surface area contributed by atoms with Crippen LogP contribution >= 0.6 is 11.5 Å². The zero-order valence-corrected chi connectivity index (χ0v) is 14.1. The predicted molar refractivity (Wildman–Crippen MR) is 84.4 cm³/mol. The Hall–Kier alpha value is -2.82. The van der Waals surface area contributed by atoms with Crippen molar-refractivity contribution in [3.63, 3.8) is 0 Å². The Morgan fingerprint density at radius 3 is 2.30 bits per heavy atom. The van der Waals surface area contributed by atoms with Crippen LogP contribution in [0.1, 0.15) is 5.56 Å². The zero-order chi connectivity index (χ0) is 19.9. The van der Waals surface area contributed by atoms with Crippen LogP contribution in [0.5, 0.6) is 5.75 Å². The SMILES string of the molecule is Cc1c(OC(F)(F)F)ccc(-n2sc(-c3c(F)cccc3F)nc2=O)c1F. The minimum absolute atomic E-state index is 0.344. The van der Waals surface area contributed by atoms with Gasteiger partial charge in [0.25, 0.3) is 0 Å². The van der Waals surface area contributed by atoms with Crippen molar-refractivity contribution < 1.29 is 31.1 Å². The fourth-order valence-corrected chi connectivity index (χ4v) is 3.22. The normalized spacial score (nSPS) is 11.7. The van der Waals surface area contributed by atoms with E-state index in [0.717, 1.165) is 37.3 Å². The fraction of sp³-hybridized carbons (Fsp3) is 0.125. The van der Waals surface area contributed by atoms with Crippen molar-refractivity contribution in [3.05, 3.63) is 63.8 Å². The van der Waals surface area contributed by atoms with Gasteiger partial charge >= 0.3 is 12.1 Å². The van der Waals surface area contributed by atoms with Gasteiger partial charge in [-0.05, 0) is 42.7 Å². The first-order valence-corrected chi connectivity index (χ1v) is 7.96. The molecule has 142 valence electrons. The third kappa shape index (κ3) is 3.68. The second-order valence-electron chi connectivity index (χ2n) is 5.25. The molecule has 0 spiro atoms. The summed E-state index contributed by atoms with van der Waals surface area (Å²) in [5.41, 5.74) is -2.52. The molecule has 0 saturated carbocycles. The molecule has 0 amide bonds. The number of aromatic nitrogens is 2. The molecule has 1 aromatic heterocycles. The monoisotopic (exact) mass is 406 g/mol. The summed E-state index contributed by atoms with van der Waals surface area (Å²) in [7, 11) is 0. The Labute approximate surface area is 151 Å². The lowest BCUT2D eigenvalue weighted by Crippen LogP contribution is -2.19. The lowest BCUT2D eigenvalue weighted by Gasteiger charge is -2.13. The summed E-state index contributed by atoms with van der Waals surface area (Å²) < 4.78 is 83.6. The van der Waals surface area contributed by atoms with Crippen molar-refractivity contribution in [2.45, 2.75) is 13.3 Å². The smallest absolute Gasteiger partial charge is 0.405 e. The largest absolute Gasteiger partial charge is 0.573 e. The molecule has 0 saturated heterocycles. The molecular weight excluding hydrogens is 398 g/mol. The molecule has 3 aromatic rings. The van der Waals surface area contributed by atoms with E-state index < -0.39 is 52.1 Å². The third-order valence-electron chi connectivity index (χ3n) is 3.49. The van der Waals surface area contributed by atoms with E-state index in [1.165, 1.54) is 0 Å². The first kappa shape index (κ1) is 19.0. The van der Waals surface area contributed by atoms with Gasteiger partial charge in [0.05, 0.1) is 11.3 Å². The highest BCUT2D eigenvalue weighted by Gasteiger charge is 2.32. The van der Waals surface area contributed by atoms with Crippen LogP contribution in [-0.4, -0.2) is 15.3 Å². The van der Waals surface area contributed by atoms with Crippen molar-refractivity contribution in [2.24, 2.45) is 0 Å². The van der Waals surface area contributed by atoms with Crippen molar-refractivity contribution in [3.8, 4) is 22.0 Å². The van der Waals surface area contributed by atoms with Crippen molar-refractivity contribution in [2.75, 3.05) is 0 Å². The summed E-state index contributed by atoms with van der Waals surface area (Å²) in [5.74, 6) is -3.88. The Morgan fingerprint density at radius 1 is 1.07 bits per heavy atom. The topological polar surface area (TPSA) is 44.1 Å². The first-order chi connectivity index (χ1) is 12.6. The Bertz CT molecular complexity index is 1050. The highest BCUT2D eigenvalue weighted by molar-refractivity contribution is 7.10. The van der Waals surface area contributed by atoms with Crippen LogP contribution < -0.4 is 10.4 Å². The highest BCUT2D eigenvalue weighted by atomic mass is 32.1. The molecule has 0 N–H and O–H groups in total. The first-order valence-electron chi connectivity index (χ1n) is 7.18. The zero-order valence-electron chi connectivity index (χ0n) is 13.3. The maximum atomic E-state index is 14.5. The van der Waals surface area contributed by atoms with E-state index in [4.69, 9.17) is 0 Å². The highest BCUT2D eigenvalue weighted by Crippen LogP contribution is 2.32. The molecule has 27 heavy (non-hydrogen) atoms. The molecule has 2 aromatic carbocycles.